The second-order valence-corrected chi connectivity index (χ2v) is 5.63. The monoisotopic (exact) mass is 324 g/mol. The summed E-state index contributed by atoms with van der Waals surface area (Å²) in [6, 6.07) is 17.6. The first kappa shape index (κ1) is 15.6. The SMILES string of the molecule is Clc1cccc(CN(Cc2ccccn2)Cc2ccccn2)n1. The van der Waals surface area contributed by atoms with E-state index in [2.05, 4.69) is 19.9 Å². The molecule has 0 N–H and O–H groups in total. The van der Waals surface area contributed by atoms with E-state index in [-0.39, 0.29) is 0 Å². The van der Waals surface area contributed by atoms with Crippen LogP contribution >= 0.6 is 11.6 Å². The van der Waals surface area contributed by atoms with Crippen molar-refractivity contribution in [3.8, 4) is 0 Å². The minimum Gasteiger partial charge on any atom is -0.286 e. The first-order chi connectivity index (χ1) is 11.3. The van der Waals surface area contributed by atoms with Crippen LogP contribution < -0.4 is 0 Å². The first-order valence-electron chi connectivity index (χ1n) is 7.43. The Morgan fingerprint density at radius 2 is 1.26 bits per heavy atom. The van der Waals surface area contributed by atoms with Crippen LogP contribution in [0, 0.1) is 0 Å². The van der Waals surface area contributed by atoms with Crippen molar-refractivity contribution in [1.82, 2.24) is 19.9 Å². The third kappa shape index (κ3) is 4.84. The normalized spacial score (nSPS) is 10.9. The molecule has 3 aromatic heterocycles. The minimum atomic E-state index is 0.512. The highest BCUT2D eigenvalue weighted by molar-refractivity contribution is 6.29. The molecule has 0 saturated carbocycles. The van der Waals surface area contributed by atoms with E-state index < -0.39 is 0 Å². The quantitative estimate of drug-likeness (QED) is 0.648. The second kappa shape index (κ2) is 7.81. The Hall–Kier alpha value is -2.30. The molecule has 0 radical (unpaired) electrons. The lowest BCUT2D eigenvalue weighted by Crippen LogP contribution is -2.24. The Balaban J connectivity index is 1.77. The summed E-state index contributed by atoms with van der Waals surface area (Å²) in [6.07, 6.45) is 3.62. The zero-order chi connectivity index (χ0) is 15.9. The van der Waals surface area contributed by atoms with Crippen LogP contribution in [0.2, 0.25) is 5.15 Å². The second-order valence-electron chi connectivity index (χ2n) is 5.24. The smallest absolute Gasteiger partial charge is 0.129 e. The van der Waals surface area contributed by atoms with Gasteiger partial charge in [-0.15, -0.1) is 0 Å². The number of pyridine rings is 3. The number of rotatable bonds is 6. The standard InChI is InChI=1S/C18H17ClN4/c19-18-9-5-8-17(22-18)14-23(12-15-6-1-3-10-20-15)13-16-7-2-4-11-21-16/h1-11H,12-14H2. The third-order valence-corrected chi connectivity index (χ3v) is 3.59. The molecule has 0 aromatic carbocycles. The fourth-order valence-corrected chi connectivity index (χ4v) is 2.56. The molecular formula is C18H17ClN4. The minimum absolute atomic E-state index is 0.512. The molecule has 116 valence electrons. The van der Waals surface area contributed by atoms with Crippen LogP contribution in [0.4, 0.5) is 0 Å². The lowest BCUT2D eigenvalue weighted by atomic mass is 10.2. The van der Waals surface area contributed by atoms with E-state index in [1.165, 1.54) is 0 Å². The lowest BCUT2D eigenvalue weighted by Gasteiger charge is -2.21. The topological polar surface area (TPSA) is 41.9 Å². The van der Waals surface area contributed by atoms with Gasteiger partial charge in [0.1, 0.15) is 5.15 Å². The molecule has 0 bridgehead atoms. The van der Waals surface area contributed by atoms with E-state index in [4.69, 9.17) is 11.6 Å². The highest BCUT2D eigenvalue weighted by Crippen LogP contribution is 2.12. The summed E-state index contributed by atoms with van der Waals surface area (Å²) < 4.78 is 0. The Labute approximate surface area is 140 Å². The summed E-state index contributed by atoms with van der Waals surface area (Å²) in [5, 5.41) is 0.512. The van der Waals surface area contributed by atoms with E-state index >= 15 is 0 Å². The Bertz CT molecular complexity index is 693. The summed E-state index contributed by atoms with van der Waals surface area (Å²) in [4.78, 5) is 15.5. The Kier molecular flexibility index (Phi) is 5.29. The third-order valence-electron chi connectivity index (χ3n) is 3.38. The highest BCUT2D eigenvalue weighted by atomic mass is 35.5. The molecule has 3 rings (SSSR count). The fourth-order valence-electron chi connectivity index (χ4n) is 2.38. The maximum atomic E-state index is 5.99. The molecule has 3 heterocycles. The van der Waals surface area contributed by atoms with E-state index in [0.717, 1.165) is 30.2 Å². The highest BCUT2D eigenvalue weighted by Gasteiger charge is 2.10. The number of nitrogens with zero attached hydrogens (tertiary/aromatic N) is 4. The van der Waals surface area contributed by atoms with Crippen LogP contribution in [-0.2, 0) is 19.6 Å². The van der Waals surface area contributed by atoms with Crippen LogP contribution in [0.3, 0.4) is 0 Å². The van der Waals surface area contributed by atoms with E-state index in [0.29, 0.717) is 11.7 Å². The van der Waals surface area contributed by atoms with Crippen molar-refractivity contribution in [2.45, 2.75) is 19.6 Å². The van der Waals surface area contributed by atoms with Crippen LogP contribution in [0.25, 0.3) is 0 Å². The average molecular weight is 325 g/mol. The van der Waals surface area contributed by atoms with Crippen molar-refractivity contribution in [1.29, 1.82) is 0 Å². The summed E-state index contributed by atoms with van der Waals surface area (Å²) in [7, 11) is 0. The van der Waals surface area contributed by atoms with Crippen molar-refractivity contribution in [3.63, 3.8) is 0 Å². The molecule has 23 heavy (non-hydrogen) atoms. The van der Waals surface area contributed by atoms with E-state index in [1.807, 2.05) is 60.9 Å². The van der Waals surface area contributed by atoms with Crippen LogP contribution in [-0.4, -0.2) is 19.9 Å². The summed E-state index contributed by atoms with van der Waals surface area (Å²) >= 11 is 5.99. The van der Waals surface area contributed by atoms with Gasteiger partial charge >= 0.3 is 0 Å². The van der Waals surface area contributed by atoms with E-state index in [1.54, 1.807) is 6.07 Å². The molecule has 5 heteroatoms. The first-order valence-corrected chi connectivity index (χ1v) is 7.81. The molecular weight excluding hydrogens is 308 g/mol. The van der Waals surface area contributed by atoms with Crippen molar-refractivity contribution < 1.29 is 0 Å². The molecule has 0 aliphatic heterocycles. The molecule has 0 atom stereocenters. The van der Waals surface area contributed by atoms with Crippen LogP contribution in [0.5, 0.6) is 0 Å². The van der Waals surface area contributed by atoms with E-state index in [9.17, 15) is 0 Å². The molecule has 0 fully saturated rings. The predicted molar refractivity (Wildman–Crippen MR) is 90.7 cm³/mol. The largest absolute Gasteiger partial charge is 0.286 e. The molecule has 0 unspecified atom stereocenters. The van der Waals surface area contributed by atoms with Gasteiger partial charge in [-0.25, -0.2) is 4.98 Å². The fraction of sp³-hybridized carbons (Fsp3) is 0.167. The number of aromatic nitrogens is 3. The molecule has 0 aliphatic carbocycles. The van der Waals surface area contributed by atoms with Gasteiger partial charge in [-0.2, -0.15) is 0 Å². The summed E-state index contributed by atoms with van der Waals surface area (Å²) in [5.41, 5.74) is 2.97. The van der Waals surface area contributed by atoms with Gasteiger partial charge in [0, 0.05) is 32.0 Å². The van der Waals surface area contributed by atoms with Crippen LogP contribution in [0.1, 0.15) is 17.1 Å². The molecule has 3 aromatic rings. The van der Waals surface area contributed by atoms with Crippen molar-refractivity contribution in [2.75, 3.05) is 0 Å². The van der Waals surface area contributed by atoms with Gasteiger partial charge in [0.2, 0.25) is 0 Å². The Morgan fingerprint density at radius 3 is 1.78 bits per heavy atom. The molecule has 0 aliphatic rings. The molecule has 0 amide bonds. The van der Waals surface area contributed by atoms with Gasteiger partial charge in [0.05, 0.1) is 17.1 Å². The van der Waals surface area contributed by atoms with Crippen LogP contribution in [0.15, 0.2) is 67.0 Å². The molecule has 0 spiro atoms. The van der Waals surface area contributed by atoms with Gasteiger partial charge in [0.15, 0.2) is 0 Å². The predicted octanol–water partition coefficient (Wildman–Crippen LogP) is 3.73. The lowest BCUT2D eigenvalue weighted by molar-refractivity contribution is 0.239. The van der Waals surface area contributed by atoms with Gasteiger partial charge in [-0.1, -0.05) is 29.8 Å². The Morgan fingerprint density at radius 1 is 0.696 bits per heavy atom. The van der Waals surface area contributed by atoms with Crippen molar-refractivity contribution in [2.24, 2.45) is 0 Å². The molecule has 0 saturated heterocycles. The van der Waals surface area contributed by atoms with Gasteiger partial charge in [0.25, 0.3) is 0 Å². The number of halogens is 1. The zero-order valence-electron chi connectivity index (χ0n) is 12.6. The summed E-state index contributed by atoms with van der Waals surface area (Å²) in [5.74, 6) is 0. The number of hydrogen-bond donors (Lipinski definition) is 0. The van der Waals surface area contributed by atoms with Gasteiger partial charge in [-0.05, 0) is 36.4 Å². The van der Waals surface area contributed by atoms with Crippen molar-refractivity contribution >= 4 is 11.6 Å². The number of hydrogen-bond acceptors (Lipinski definition) is 4. The van der Waals surface area contributed by atoms with Gasteiger partial charge < -0.3 is 0 Å². The maximum absolute atomic E-state index is 5.99. The average Bonchev–Trinajstić information content (AvgIpc) is 2.57. The zero-order valence-corrected chi connectivity index (χ0v) is 13.4. The molecule has 4 nitrogen and oxygen atoms in total. The summed E-state index contributed by atoms with van der Waals surface area (Å²) in [6.45, 7) is 2.14. The van der Waals surface area contributed by atoms with Gasteiger partial charge in [-0.3, -0.25) is 14.9 Å². The maximum Gasteiger partial charge on any atom is 0.129 e. The van der Waals surface area contributed by atoms with Crippen molar-refractivity contribution in [3.05, 3.63) is 89.2 Å².